The minimum Gasteiger partial charge on any atom is -0.493 e. The number of carbonyl (C=O) groups is 1. The monoisotopic (exact) mass is 480 g/mol. The molecule has 36 heavy (non-hydrogen) atoms. The number of anilines is 2. The van der Waals surface area contributed by atoms with Gasteiger partial charge in [-0.1, -0.05) is 48.5 Å². The molecule has 4 aromatic carbocycles. The number of nitrogens with zero attached hydrogens (tertiary/aromatic N) is 1. The molecule has 1 unspecified atom stereocenters. The number of benzene rings is 4. The van der Waals surface area contributed by atoms with Crippen LogP contribution in [0.25, 0.3) is 0 Å². The lowest BCUT2D eigenvalue weighted by molar-refractivity contribution is 0.0975. The van der Waals surface area contributed by atoms with Gasteiger partial charge in [-0.25, -0.2) is 0 Å². The summed E-state index contributed by atoms with van der Waals surface area (Å²) < 4.78 is 22.7. The molecule has 7 nitrogen and oxygen atoms in total. The summed E-state index contributed by atoms with van der Waals surface area (Å²) in [5.74, 6) is 2.37. The van der Waals surface area contributed by atoms with Crippen molar-refractivity contribution in [2.75, 3.05) is 24.1 Å². The van der Waals surface area contributed by atoms with Crippen molar-refractivity contribution in [3.8, 4) is 23.0 Å². The van der Waals surface area contributed by atoms with E-state index in [2.05, 4.69) is 5.32 Å². The number of amides is 1. The molecule has 6 rings (SSSR count). The highest BCUT2D eigenvalue weighted by atomic mass is 16.7. The molecule has 0 aliphatic carbocycles. The summed E-state index contributed by atoms with van der Waals surface area (Å²) in [6.45, 7) is 0.590. The third kappa shape index (κ3) is 3.94. The fourth-order valence-electron chi connectivity index (χ4n) is 4.50. The predicted molar refractivity (Wildman–Crippen MR) is 136 cm³/mol. The van der Waals surface area contributed by atoms with Crippen molar-refractivity contribution < 1.29 is 23.7 Å². The molecule has 0 fully saturated rings. The van der Waals surface area contributed by atoms with Gasteiger partial charge in [0.25, 0.3) is 5.91 Å². The molecule has 2 aliphatic rings. The molecule has 7 heteroatoms. The van der Waals surface area contributed by atoms with Crippen molar-refractivity contribution in [2.45, 2.75) is 12.8 Å². The third-order valence-corrected chi connectivity index (χ3v) is 6.30. The Hall–Kier alpha value is -4.65. The Kier molecular flexibility index (Phi) is 5.58. The van der Waals surface area contributed by atoms with Crippen LogP contribution in [-0.2, 0) is 6.61 Å². The maximum Gasteiger partial charge on any atom is 0.262 e. The number of ether oxygens (including phenoxy) is 4. The van der Waals surface area contributed by atoms with E-state index in [-0.39, 0.29) is 12.7 Å². The summed E-state index contributed by atoms with van der Waals surface area (Å²) in [4.78, 5) is 15.5. The number of methoxy groups -OCH3 is 1. The summed E-state index contributed by atoms with van der Waals surface area (Å²) in [6.07, 6.45) is -0.482. The molecule has 0 saturated heterocycles. The van der Waals surface area contributed by atoms with Gasteiger partial charge in [0.2, 0.25) is 6.79 Å². The molecule has 1 N–H and O–H groups in total. The van der Waals surface area contributed by atoms with E-state index in [0.29, 0.717) is 40.9 Å². The predicted octanol–water partition coefficient (Wildman–Crippen LogP) is 5.77. The smallest absolute Gasteiger partial charge is 0.262 e. The average Bonchev–Trinajstić information content (AvgIpc) is 3.40. The van der Waals surface area contributed by atoms with Crippen LogP contribution >= 0.6 is 0 Å². The molecular weight excluding hydrogens is 456 g/mol. The van der Waals surface area contributed by atoms with Crippen LogP contribution in [0.1, 0.15) is 27.7 Å². The maximum absolute atomic E-state index is 13.7. The van der Waals surface area contributed by atoms with E-state index in [9.17, 15) is 4.79 Å². The lowest BCUT2D eigenvalue weighted by Gasteiger charge is -2.38. The maximum atomic E-state index is 13.7. The summed E-state index contributed by atoms with van der Waals surface area (Å²) >= 11 is 0. The van der Waals surface area contributed by atoms with E-state index in [1.54, 1.807) is 12.0 Å². The van der Waals surface area contributed by atoms with Gasteiger partial charge >= 0.3 is 0 Å². The molecular formula is C29H24N2O5. The molecule has 0 aromatic heterocycles. The van der Waals surface area contributed by atoms with E-state index in [0.717, 1.165) is 16.8 Å². The first kappa shape index (κ1) is 21.9. The van der Waals surface area contributed by atoms with Gasteiger partial charge in [0, 0.05) is 11.8 Å². The number of para-hydroxylation sites is 1. The van der Waals surface area contributed by atoms with Crippen LogP contribution in [0.3, 0.4) is 0 Å². The normalized spacial score (nSPS) is 15.8. The molecule has 2 aliphatic heterocycles. The minimum absolute atomic E-state index is 0.114. The SMILES string of the molecule is COc1cc(C2Nc3ccccc3C(=O)N2c2ccc3c(c2)OCO3)ccc1OCc1ccccc1. The number of fused-ring (bicyclic) bond motifs is 2. The van der Waals surface area contributed by atoms with Crippen LogP contribution in [-0.4, -0.2) is 19.8 Å². The van der Waals surface area contributed by atoms with Crippen molar-refractivity contribution in [2.24, 2.45) is 0 Å². The highest BCUT2D eigenvalue weighted by Gasteiger charge is 2.35. The average molecular weight is 481 g/mol. The number of rotatable bonds is 6. The Bertz CT molecular complexity index is 1420. The number of hydrogen-bond acceptors (Lipinski definition) is 6. The Labute approximate surface area is 208 Å². The van der Waals surface area contributed by atoms with Crippen LogP contribution in [0.4, 0.5) is 11.4 Å². The van der Waals surface area contributed by atoms with Gasteiger partial charge in [-0.3, -0.25) is 9.69 Å². The zero-order chi connectivity index (χ0) is 24.5. The second kappa shape index (κ2) is 9.19. The standard InChI is InChI=1S/C29H24N2O5/c1-33-26-15-20(11-13-24(26)34-17-19-7-3-2-4-8-19)28-30-23-10-6-5-9-22(23)29(32)31(28)21-12-14-25-27(16-21)36-18-35-25/h2-16,28,30H,17-18H2,1H3. The fraction of sp³-hybridized carbons (Fsp3) is 0.138. The van der Waals surface area contributed by atoms with Crippen LogP contribution in [0.5, 0.6) is 23.0 Å². The van der Waals surface area contributed by atoms with Crippen molar-refractivity contribution in [1.29, 1.82) is 0 Å². The van der Waals surface area contributed by atoms with Crippen molar-refractivity contribution in [1.82, 2.24) is 0 Å². The molecule has 0 saturated carbocycles. The summed E-state index contributed by atoms with van der Waals surface area (Å²) in [5.41, 5.74) is 3.97. The van der Waals surface area contributed by atoms with E-state index in [1.807, 2.05) is 91.0 Å². The molecule has 0 spiro atoms. The Morgan fingerprint density at radius 3 is 2.56 bits per heavy atom. The Balaban J connectivity index is 1.37. The zero-order valence-corrected chi connectivity index (χ0v) is 19.6. The first-order valence-electron chi connectivity index (χ1n) is 11.6. The summed E-state index contributed by atoms with van der Waals surface area (Å²) in [6, 6.07) is 28.7. The highest BCUT2D eigenvalue weighted by molar-refractivity contribution is 6.12. The van der Waals surface area contributed by atoms with Gasteiger partial charge in [0.1, 0.15) is 12.8 Å². The van der Waals surface area contributed by atoms with Gasteiger partial charge in [-0.05, 0) is 47.5 Å². The van der Waals surface area contributed by atoms with Crippen LogP contribution in [0.2, 0.25) is 0 Å². The zero-order valence-electron chi connectivity index (χ0n) is 19.6. The van der Waals surface area contributed by atoms with Gasteiger partial charge in [0.05, 0.1) is 18.4 Å². The topological polar surface area (TPSA) is 69.3 Å². The minimum atomic E-state index is -0.482. The lowest BCUT2D eigenvalue weighted by atomic mass is 10.0. The quantitative estimate of drug-likeness (QED) is 0.378. The molecule has 4 aromatic rings. The van der Waals surface area contributed by atoms with Crippen molar-refractivity contribution in [3.05, 3.63) is 108 Å². The molecule has 1 amide bonds. The fourth-order valence-corrected chi connectivity index (χ4v) is 4.50. The largest absolute Gasteiger partial charge is 0.493 e. The molecule has 0 radical (unpaired) electrons. The highest BCUT2D eigenvalue weighted by Crippen LogP contribution is 2.42. The summed E-state index contributed by atoms with van der Waals surface area (Å²) in [7, 11) is 1.61. The van der Waals surface area contributed by atoms with Gasteiger partial charge < -0.3 is 24.3 Å². The first-order valence-corrected chi connectivity index (χ1v) is 11.6. The molecule has 1 atom stereocenters. The second-order valence-corrected chi connectivity index (χ2v) is 8.49. The second-order valence-electron chi connectivity index (χ2n) is 8.49. The lowest BCUT2D eigenvalue weighted by Crippen LogP contribution is -2.43. The van der Waals surface area contributed by atoms with Crippen LogP contribution < -0.4 is 29.2 Å². The molecule has 2 heterocycles. The first-order chi connectivity index (χ1) is 17.7. The number of hydrogen-bond donors (Lipinski definition) is 1. The van der Waals surface area contributed by atoms with Crippen molar-refractivity contribution >= 4 is 17.3 Å². The van der Waals surface area contributed by atoms with Gasteiger partial charge in [-0.2, -0.15) is 0 Å². The Morgan fingerprint density at radius 2 is 1.69 bits per heavy atom. The van der Waals surface area contributed by atoms with Crippen LogP contribution in [0, 0.1) is 0 Å². The molecule has 0 bridgehead atoms. The summed E-state index contributed by atoms with van der Waals surface area (Å²) in [5, 5.41) is 3.53. The van der Waals surface area contributed by atoms with Crippen molar-refractivity contribution in [3.63, 3.8) is 0 Å². The van der Waals surface area contributed by atoms with Gasteiger partial charge in [0.15, 0.2) is 23.0 Å². The van der Waals surface area contributed by atoms with E-state index in [1.165, 1.54) is 0 Å². The number of nitrogens with one attached hydrogen (secondary N) is 1. The van der Waals surface area contributed by atoms with Crippen LogP contribution in [0.15, 0.2) is 91.0 Å². The Morgan fingerprint density at radius 1 is 0.889 bits per heavy atom. The van der Waals surface area contributed by atoms with Gasteiger partial charge in [-0.15, -0.1) is 0 Å². The van der Waals surface area contributed by atoms with E-state index >= 15 is 0 Å². The molecule has 180 valence electrons. The third-order valence-electron chi connectivity index (χ3n) is 6.30. The number of carbonyl (C=O) groups excluding carboxylic acids is 1. The van der Waals surface area contributed by atoms with E-state index < -0.39 is 6.17 Å². The van der Waals surface area contributed by atoms with E-state index in [4.69, 9.17) is 18.9 Å².